The maximum Gasteiger partial charge on any atom is 0.226 e. The van der Waals surface area contributed by atoms with Crippen molar-refractivity contribution in [3.63, 3.8) is 0 Å². The van der Waals surface area contributed by atoms with E-state index >= 15 is 0 Å². The van der Waals surface area contributed by atoms with Crippen LogP contribution in [0.1, 0.15) is 0 Å². The normalized spacial score (nSPS) is 12.0. The van der Waals surface area contributed by atoms with E-state index in [1.54, 1.807) is 0 Å². The average Bonchev–Trinajstić information content (AvgIpc) is 3.11. The van der Waals surface area contributed by atoms with Gasteiger partial charge in [-0.15, -0.1) is 0 Å². The second kappa shape index (κ2) is 7.04. The number of hydrogen-bond acceptors (Lipinski definition) is 4. The van der Waals surface area contributed by atoms with Crippen molar-refractivity contribution in [2.75, 3.05) is 0 Å². The highest BCUT2D eigenvalue weighted by atomic mass is 35.5. The quantitative estimate of drug-likeness (QED) is 0.315. The molecule has 0 aliphatic rings. The predicted octanol–water partition coefficient (Wildman–Crippen LogP) is 6.30. The average molecular weight is 430 g/mol. The van der Waals surface area contributed by atoms with E-state index in [0.29, 0.717) is 11.6 Å². The third-order valence-electron chi connectivity index (χ3n) is 5.26. The van der Waals surface area contributed by atoms with Crippen LogP contribution in [0.4, 0.5) is 0 Å². The van der Waals surface area contributed by atoms with Crippen molar-refractivity contribution in [3.05, 3.63) is 72.0 Å². The van der Waals surface area contributed by atoms with Crippen molar-refractivity contribution < 1.29 is 4.42 Å². The molecule has 0 aliphatic heterocycles. The molecule has 0 spiro atoms. The van der Waals surface area contributed by atoms with Gasteiger partial charge in [-0.25, -0.2) is 4.98 Å². The molecule has 0 atom stereocenters. The molecule has 0 fully saturated rings. The first-order valence-electron chi connectivity index (χ1n) is 9.83. The molecule has 0 saturated carbocycles. The number of nitrogens with zero attached hydrogens (tertiary/aromatic N) is 3. The number of rotatable bonds is 3. The smallest absolute Gasteiger partial charge is 0.226 e. The van der Waals surface area contributed by atoms with Gasteiger partial charge in [-0.2, -0.15) is 9.97 Å². The number of aromatic nitrogens is 3. The molecule has 0 bridgehead atoms. The van der Waals surface area contributed by atoms with Crippen LogP contribution in [0.3, 0.4) is 0 Å². The number of hydrogen-bond donors (Lipinski definition) is 0. The van der Waals surface area contributed by atoms with Crippen LogP contribution in [0.25, 0.3) is 44.7 Å². The first kappa shape index (κ1) is 19.0. The second-order valence-corrected chi connectivity index (χ2v) is 13.8. The minimum Gasteiger partial charge on any atom is -0.455 e. The van der Waals surface area contributed by atoms with Gasteiger partial charge in [0.25, 0.3) is 0 Å². The molecule has 0 amide bonds. The molecule has 0 aliphatic carbocycles. The Hall–Kier alpha value is -3.02. The minimum atomic E-state index is -1.37. The highest BCUT2D eigenvalue weighted by molar-refractivity contribution is 6.88. The van der Waals surface area contributed by atoms with E-state index in [4.69, 9.17) is 21.0 Å². The van der Waals surface area contributed by atoms with Gasteiger partial charge in [0.05, 0.1) is 13.6 Å². The summed E-state index contributed by atoms with van der Waals surface area (Å²) in [4.78, 5) is 13.5. The van der Waals surface area contributed by atoms with Gasteiger partial charge in [-0.1, -0.05) is 79.4 Å². The third-order valence-corrected chi connectivity index (χ3v) is 7.50. The number of fused-ring (bicyclic) bond motifs is 3. The molecule has 4 nitrogen and oxygen atoms in total. The van der Waals surface area contributed by atoms with Gasteiger partial charge in [-0.3, -0.25) is 0 Å². The van der Waals surface area contributed by atoms with Crippen LogP contribution in [0, 0.1) is 0 Å². The Labute approximate surface area is 180 Å². The molecule has 5 rings (SSSR count). The van der Waals surface area contributed by atoms with Crippen LogP contribution in [0.5, 0.6) is 0 Å². The van der Waals surface area contributed by atoms with Gasteiger partial charge < -0.3 is 4.42 Å². The molecule has 148 valence electrons. The highest BCUT2D eigenvalue weighted by Gasteiger charge is 2.18. The summed E-state index contributed by atoms with van der Waals surface area (Å²) in [5, 5.41) is 3.65. The molecular formula is C24H20ClN3OSi. The van der Waals surface area contributed by atoms with E-state index in [9.17, 15) is 0 Å². The molecule has 30 heavy (non-hydrogen) atoms. The third kappa shape index (κ3) is 3.30. The van der Waals surface area contributed by atoms with Crippen molar-refractivity contribution in [1.82, 2.24) is 15.0 Å². The lowest BCUT2D eigenvalue weighted by atomic mass is 10.1. The molecular weight excluding hydrogens is 410 g/mol. The first-order chi connectivity index (χ1) is 14.4. The predicted molar refractivity (Wildman–Crippen MR) is 126 cm³/mol. The van der Waals surface area contributed by atoms with Crippen LogP contribution in [0.2, 0.25) is 24.9 Å². The molecule has 0 saturated heterocycles. The Morgan fingerprint density at radius 2 is 1.43 bits per heavy atom. The highest BCUT2D eigenvalue weighted by Crippen LogP contribution is 2.35. The Bertz CT molecular complexity index is 1390. The summed E-state index contributed by atoms with van der Waals surface area (Å²) in [6.45, 7) is 6.98. The lowest BCUT2D eigenvalue weighted by Crippen LogP contribution is -2.37. The molecule has 6 heteroatoms. The molecule has 5 aromatic rings. The van der Waals surface area contributed by atoms with Gasteiger partial charge >= 0.3 is 0 Å². The topological polar surface area (TPSA) is 51.8 Å². The van der Waals surface area contributed by atoms with E-state index in [0.717, 1.165) is 33.1 Å². The lowest BCUT2D eigenvalue weighted by molar-refractivity contribution is 0.669. The zero-order valence-corrected chi connectivity index (χ0v) is 18.7. The summed E-state index contributed by atoms with van der Waals surface area (Å²) in [7, 11) is -1.37. The summed E-state index contributed by atoms with van der Waals surface area (Å²) in [6, 6.07) is 22.4. The fourth-order valence-electron chi connectivity index (χ4n) is 3.64. The monoisotopic (exact) mass is 429 g/mol. The minimum absolute atomic E-state index is 0.164. The molecule has 0 radical (unpaired) electrons. The summed E-state index contributed by atoms with van der Waals surface area (Å²) >= 11 is 6.30. The van der Waals surface area contributed by atoms with E-state index in [-0.39, 0.29) is 5.28 Å². The van der Waals surface area contributed by atoms with Gasteiger partial charge in [0, 0.05) is 16.3 Å². The van der Waals surface area contributed by atoms with Gasteiger partial charge in [0.15, 0.2) is 11.6 Å². The standard InChI is InChI=1S/C24H20ClN3OSi/c1-30(2,3)16-13-11-15(12-14-16)22-26-23(28-24(25)27-22)19-9-6-8-18-17-7-4-5-10-20(17)29-21(18)19/h4-14H,1-3H3. The zero-order chi connectivity index (χ0) is 20.9. The Kier molecular flexibility index (Phi) is 4.45. The van der Waals surface area contributed by atoms with E-state index < -0.39 is 8.07 Å². The van der Waals surface area contributed by atoms with Gasteiger partial charge in [0.1, 0.15) is 11.2 Å². The number of benzene rings is 3. The second-order valence-electron chi connectivity index (χ2n) is 8.36. The summed E-state index contributed by atoms with van der Waals surface area (Å²) in [5.41, 5.74) is 3.30. The van der Waals surface area contributed by atoms with Crippen LogP contribution in [-0.4, -0.2) is 23.0 Å². The molecule has 0 N–H and O–H groups in total. The first-order valence-corrected chi connectivity index (χ1v) is 13.7. The largest absolute Gasteiger partial charge is 0.455 e. The number of furan rings is 1. The van der Waals surface area contributed by atoms with Crippen molar-refractivity contribution in [3.8, 4) is 22.8 Å². The SMILES string of the molecule is C[Si](C)(C)c1ccc(-c2nc(Cl)nc(-c3cccc4c3oc3ccccc34)n2)cc1. The molecule has 2 heterocycles. The fourth-order valence-corrected chi connectivity index (χ4v) is 4.97. The van der Waals surface area contributed by atoms with Gasteiger partial charge in [-0.05, 0) is 23.7 Å². The number of para-hydroxylation sites is 2. The van der Waals surface area contributed by atoms with Crippen LogP contribution >= 0.6 is 11.6 Å². The molecule has 2 aromatic heterocycles. The summed E-state index contributed by atoms with van der Waals surface area (Å²) in [5.74, 6) is 1.06. The Balaban J connectivity index is 1.66. The van der Waals surface area contributed by atoms with Crippen LogP contribution in [-0.2, 0) is 0 Å². The molecule has 0 unspecified atom stereocenters. The molecule has 3 aromatic carbocycles. The van der Waals surface area contributed by atoms with Crippen molar-refractivity contribution in [1.29, 1.82) is 0 Å². The van der Waals surface area contributed by atoms with Gasteiger partial charge in [0.2, 0.25) is 5.28 Å². The van der Waals surface area contributed by atoms with Crippen LogP contribution in [0.15, 0.2) is 71.1 Å². The zero-order valence-electron chi connectivity index (χ0n) is 17.0. The maximum atomic E-state index is 6.30. The van der Waals surface area contributed by atoms with Crippen LogP contribution < -0.4 is 5.19 Å². The number of halogens is 1. The lowest BCUT2D eigenvalue weighted by Gasteiger charge is -2.16. The van der Waals surface area contributed by atoms with E-state index in [1.165, 1.54) is 5.19 Å². The Morgan fingerprint density at radius 1 is 0.733 bits per heavy atom. The maximum absolute atomic E-state index is 6.30. The van der Waals surface area contributed by atoms with Crippen molar-refractivity contribution >= 4 is 46.8 Å². The summed E-state index contributed by atoms with van der Waals surface area (Å²) < 4.78 is 6.14. The summed E-state index contributed by atoms with van der Waals surface area (Å²) in [6.07, 6.45) is 0. The van der Waals surface area contributed by atoms with E-state index in [1.807, 2.05) is 36.4 Å². The van der Waals surface area contributed by atoms with E-state index in [2.05, 4.69) is 59.9 Å². The van der Waals surface area contributed by atoms with Crippen molar-refractivity contribution in [2.45, 2.75) is 19.6 Å². The Morgan fingerprint density at radius 3 is 2.20 bits per heavy atom. The van der Waals surface area contributed by atoms with Crippen molar-refractivity contribution in [2.24, 2.45) is 0 Å². The fraction of sp³-hybridized carbons (Fsp3) is 0.125.